The van der Waals surface area contributed by atoms with E-state index < -0.39 is 0 Å². The lowest BCUT2D eigenvalue weighted by Crippen LogP contribution is -2.09. The molecule has 0 unspecified atom stereocenters. The number of hydrogen-bond acceptors (Lipinski definition) is 5. The Labute approximate surface area is 106 Å². The smallest absolute Gasteiger partial charge is 0.177 e. The predicted molar refractivity (Wildman–Crippen MR) is 73.2 cm³/mol. The molecule has 4 nitrogen and oxygen atoms in total. The molecule has 1 heterocycles. The molecule has 0 atom stereocenters. The third-order valence-electron chi connectivity index (χ3n) is 2.27. The SMILES string of the molecule is COc1c(NC(C)C)sc(C(=O)C(C)C)c1N. The van der Waals surface area contributed by atoms with E-state index in [0.717, 1.165) is 5.00 Å². The first-order valence-corrected chi connectivity index (χ1v) is 6.47. The van der Waals surface area contributed by atoms with Crippen molar-refractivity contribution in [1.82, 2.24) is 0 Å². The second-order valence-corrected chi connectivity index (χ2v) is 5.55. The number of methoxy groups -OCH3 is 1. The average molecular weight is 256 g/mol. The van der Waals surface area contributed by atoms with Gasteiger partial charge >= 0.3 is 0 Å². The summed E-state index contributed by atoms with van der Waals surface area (Å²) in [4.78, 5) is 12.6. The molecule has 0 bridgehead atoms. The van der Waals surface area contributed by atoms with Crippen LogP contribution in [0.5, 0.6) is 5.75 Å². The number of carbonyl (C=O) groups is 1. The van der Waals surface area contributed by atoms with E-state index in [1.807, 2.05) is 27.7 Å². The van der Waals surface area contributed by atoms with Crippen molar-refractivity contribution in [1.29, 1.82) is 0 Å². The molecule has 96 valence electrons. The summed E-state index contributed by atoms with van der Waals surface area (Å²) in [5.74, 6) is 0.572. The molecular formula is C12H20N2O2S. The van der Waals surface area contributed by atoms with Gasteiger partial charge in [-0.25, -0.2) is 0 Å². The Bertz CT molecular complexity index is 411. The van der Waals surface area contributed by atoms with E-state index in [4.69, 9.17) is 10.5 Å². The number of thiophene rings is 1. The number of nitrogen functional groups attached to an aromatic ring is 1. The van der Waals surface area contributed by atoms with Gasteiger partial charge in [-0.3, -0.25) is 4.79 Å². The molecule has 0 saturated carbocycles. The summed E-state index contributed by atoms with van der Waals surface area (Å²) >= 11 is 1.36. The predicted octanol–water partition coefficient (Wildman–Crippen LogP) is 3.00. The topological polar surface area (TPSA) is 64.3 Å². The van der Waals surface area contributed by atoms with Gasteiger partial charge in [0.1, 0.15) is 5.00 Å². The van der Waals surface area contributed by atoms with Gasteiger partial charge in [-0.15, -0.1) is 11.3 Å². The van der Waals surface area contributed by atoms with E-state index in [2.05, 4.69) is 5.32 Å². The van der Waals surface area contributed by atoms with Crippen LogP contribution in [0.3, 0.4) is 0 Å². The minimum Gasteiger partial charge on any atom is -0.492 e. The van der Waals surface area contributed by atoms with E-state index >= 15 is 0 Å². The molecule has 0 fully saturated rings. The molecule has 0 aliphatic rings. The fourth-order valence-electron chi connectivity index (χ4n) is 1.43. The van der Waals surface area contributed by atoms with Crippen molar-refractivity contribution in [3.63, 3.8) is 0 Å². The quantitative estimate of drug-likeness (QED) is 0.795. The van der Waals surface area contributed by atoms with E-state index in [1.54, 1.807) is 7.11 Å². The van der Waals surface area contributed by atoms with E-state index in [0.29, 0.717) is 16.3 Å². The van der Waals surface area contributed by atoms with Gasteiger partial charge in [0.15, 0.2) is 11.5 Å². The first-order chi connectivity index (χ1) is 7.88. The molecule has 0 amide bonds. The number of ketones is 1. The number of ether oxygens (including phenoxy) is 1. The summed E-state index contributed by atoms with van der Waals surface area (Å²) < 4.78 is 5.26. The molecule has 1 aromatic rings. The summed E-state index contributed by atoms with van der Waals surface area (Å²) in [5.41, 5.74) is 6.40. The van der Waals surface area contributed by atoms with Gasteiger partial charge in [-0.1, -0.05) is 13.8 Å². The third kappa shape index (κ3) is 2.91. The zero-order valence-corrected chi connectivity index (χ0v) is 11.8. The van der Waals surface area contributed by atoms with Crippen molar-refractivity contribution in [2.75, 3.05) is 18.2 Å². The summed E-state index contributed by atoms with van der Waals surface area (Å²) in [7, 11) is 1.56. The Hall–Kier alpha value is -1.23. The van der Waals surface area contributed by atoms with Crippen LogP contribution in [0.15, 0.2) is 0 Å². The van der Waals surface area contributed by atoms with Crippen molar-refractivity contribution in [2.24, 2.45) is 5.92 Å². The maximum atomic E-state index is 12.0. The van der Waals surface area contributed by atoms with Gasteiger partial charge in [0.25, 0.3) is 0 Å². The van der Waals surface area contributed by atoms with Gasteiger partial charge < -0.3 is 15.8 Å². The zero-order valence-electron chi connectivity index (χ0n) is 11.0. The standard InChI is InChI=1S/C12H20N2O2S/c1-6(2)9(15)11-8(13)10(16-5)12(17-11)14-7(3)4/h6-7,14H,13H2,1-5H3. The number of nitrogens with two attached hydrogens (primary N) is 1. The molecule has 0 saturated heterocycles. The van der Waals surface area contributed by atoms with Gasteiger partial charge in [0.2, 0.25) is 0 Å². The van der Waals surface area contributed by atoms with Crippen LogP contribution in [0.1, 0.15) is 37.4 Å². The highest BCUT2D eigenvalue weighted by atomic mass is 32.1. The number of hydrogen-bond donors (Lipinski definition) is 2. The summed E-state index contributed by atoms with van der Waals surface area (Å²) in [5, 5.41) is 4.06. The maximum absolute atomic E-state index is 12.0. The largest absolute Gasteiger partial charge is 0.492 e. The minimum absolute atomic E-state index is 0.0580. The van der Waals surface area contributed by atoms with Gasteiger partial charge in [-0.05, 0) is 13.8 Å². The van der Waals surface area contributed by atoms with Gasteiger partial charge in [-0.2, -0.15) is 0 Å². The highest BCUT2D eigenvalue weighted by molar-refractivity contribution is 7.19. The zero-order chi connectivity index (χ0) is 13.2. The van der Waals surface area contributed by atoms with E-state index in [-0.39, 0.29) is 17.7 Å². The first-order valence-electron chi connectivity index (χ1n) is 5.65. The van der Waals surface area contributed by atoms with Gasteiger partial charge in [0.05, 0.1) is 17.7 Å². The van der Waals surface area contributed by atoms with Crippen LogP contribution in [0.2, 0.25) is 0 Å². The number of anilines is 2. The third-order valence-corrected chi connectivity index (χ3v) is 3.40. The number of rotatable bonds is 5. The minimum atomic E-state index is -0.0624. The van der Waals surface area contributed by atoms with Crippen LogP contribution in [-0.2, 0) is 0 Å². The maximum Gasteiger partial charge on any atom is 0.177 e. The van der Waals surface area contributed by atoms with Crippen molar-refractivity contribution >= 4 is 27.8 Å². The molecule has 1 aromatic heterocycles. The molecule has 17 heavy (non-hydrogen) atoms. The molecular weight excluding hydrogens is 236 g/mol. The lowest BCUT2D eigenvalue weighted by atomic mass is 10.1. The highest BCUT2D eigenvalue weighted by Gasteiger charge is 2.23. The Balaban J connectivity index is 3.17. The van der Waals surface area contributed by atoms with Crippen molar-refractivity contribution in [3.05, 3.63) is 4.88 Å². The van der Waals surface area contributed by atoms with Gasteiger partial charge in [0, 0.05) is 12.0 Å². The fourth-order valence-corrected chi connectivity index (χ4v) is 2.76. The van der Waals surface area contributed by atoms with Crippen LogP contribution in [0.4, 0.5) is 10.7 Å². The van der Waals surface area contributed by atoms with Crippen LogP contribution < -0.4 is 15.8 Å². The average Bonchev–Trinajstić information content (AvgIpc) is 2.52. The molecule has 1 rings (SSSR count). The van der Waals surface area contributed by atoms with Crippen LogP contribution in [0, 0.1) is 5.92 Å². The summed E-state index contributed by atoms with van der Waals surface area (Å²) in [6.45, 7) is 7.78. The number of carbonyl (C=O) groups excluding carboxylic acids is 1. The van der Waals surface area contributed by atoms with Crippen LogP contribution >= 0.6 is 11.3 Å². The molecule has 0 aromatic carbocycles. The van der Waals surface area contributed by atoms with Crippen LogP contribution in [-0.4, -0.2) is 18.9 Å². The molecule has 5 heteroatoms. The second-order valence-electron chi connectivity index (χ2n) is 4.53. The molecule has 3 N–H and O–H groups in total. The summed E-state index contributed by atoms with van der Waals surface area (Å²) in [6, 6.07) is 0.268. The molecule has 0 radical (unpaired) electrons. The molecule has 0 aliphatic carbocycles. The Kier molecular flexibility index (Phi) is 4.40. The normalized spacial score (nSPS) is 11.0. The van der Waals surface area contributed by atoms with Crippen molar-refractivity contribution in [3.8, 4) is 5.75 Å². The highest BCUT2D eigenvalue weighted by Crippen LogP contribution is 2.43. The van der Waals surface area contributed by atoms with E-state index in [9.17, 15) is 4.79 Å². The van der Waals surface area contributed by atoms with Crippen LogP contribution in [0.25, 0.3) is 0 Å². The van der Waals surface area contributed by atoms with E-state index in [1.165, 1.54) is 11.3 Å². The molecule has 0 spiro atoms. The lowest BCUT2D eigenvalue weighted by molar-refractivity contribution is 0.0944. The Morgan fingerprint density at radius 1 is 1.35 bits per heavy atom. The monoisotopic (exact) mass is 256 g/mol. The first kappa shape index (κ1) is 13.8. The number of nitrogens with one attached hydrogen (secondary N) is 1. The number of Topliss-reactive ketones (excluding diaryl/α,β-unsaturated/α-hetero) is 1. The second kappa shape index (κ2) is 5.40. The molecule has 0 aliphatic heterocycles. The summed E-state index contributed by atoms with van der Waals surface area (Å²) in [6.07, 6.45) is 0. The Morgan fingerprint density at radius 2 is 1.94 bits per heavy atom. The fraction of sp³-hybridized carbons (Fsp3) is 0.583. The Morgan fingerprint density at radius 3 is 2.35 bits per heavy atom. The van der Waals surface area contributed by atoms with Crippen molar-refractivity contribution < 1.29 is 9.53 Å². The lowest BCUT2D eigenvalue weighted by Gasteiger charge is -2.09. The van der Waals surface area contributed by atoms with Crippen molar-refractivity contribution in [2.45, 2.75) is 33.7 Å².